The summed E-state index contributed by atoms with van der Waals surface area (Å²) in [4.78, 5) is 2.70. The first kappa shape index (κ1) is 7.60. The molecule has 0 amide bonds. The Hall–Kier alpha value is -0.0400. The Morgan fingerprint density at radius 2 is 2.18 bits per heavy atom. The van der Waals surface area contributed by atoms with Crippen LogP contribution in [-0.2, 0) is 0 Å². The molecular weight excluding hydrogens is 134 g/mol. The number of rotatable bonds is 2. The molecule has 1 heterocycles. The van der Waals surface area contributed by atoms with Crippen LogP contribution in [0.2, 0.25) is 0 Å². The maximum atomic E-state index is 2.70. The minimum absolute atomic E-state index is 0.968. The van der Waals surface area contributed by atoms with Gasteiger partial charge in [-0.3, -0.25) is 0 Å². The highest BCUT2D eigenvalue weighted by Gasteiger charge is 2.41. The fourth-order valence-electron chi connectivity index (χ4n) is 2.86. The van der Waals surface area contributed by atoms with E-state index in [4.69, 9.17) is 0 Å². The Bertz CT molecular complexity index is 142. The van der Waals surface area contributed by atoms with E-state index in [1.165, 1.54) is 32.4 Å². The van der Waals surface area contributed by atoms with E-state index in [1.54, 1.807) is 0 Å². The van der Waals surface area contributed by atoms with Crippen molar-refractivity contribution in [3.05, 3.63) is 0 Å². The number of fused-ring (bicyclic) bond motifs is 2. The third kappa shape index (κ3) is 1.20. The summed E-state index contributed by atoms with van der Waals surface area (Å²) in [6, 6.07) is 0.968. The third-order valence-electron chi connectivity index (χ3n) is 3.52. The van der Waals surface area contributed by atoms with Gasteiger partial charge >= 0.3 is 0 Å². The lowest BCUT2D eigenvalue weighted by atomic mass is 9.97. The Labute approximate surface area is 69.8 Å². The van der Waals surface area contributed by atoms with Crippen LogP contribution in [0.5, 0.6) is 0 Å². The van der Waals surface area contributed by atoms with Crippen LogP contribution in [0.25, 0.3) is 0 Å². The van der Waals surface area contributed by atoms with E-state index in [-0.39, 0.29) is 0 Å². The number of piperidine rings is 1. The fraction of sp³-hybridized carbons (Fsp3) is 1.00. The van der Waals surface area contributed by atoms with Crippen LogP contribution in [0.3, 0.4) is 0 Å². The molecule has 0 aromatic rings. The molecule has 1 aliphatic heterocycles. The molecule has 1 saturated heterocycles. The molecule has 0 spiro atoms. The van der Waals surface area contributed by atoms with Crippen LogP contribution in [0.15, 0.2) is 0 Å². The zero-order valence-electron chi connectivity index (χ0n) is 7.71. The van der Waals surface area contributed by atoms with E-state index >= 15 is 0 Å². The average molecular weight is 153 g/mol. The lowest BCUT2D eigenvalue weighted by Crippen LogP contribution is -2.35. The zero-order chi connectivity index (χ0) is 7.84. The SMILES string of the molecule is CCCN1CC2CC1CC2C. The number of hydrogen-bond acceptors (Lipinski definition) is 1. The van der Waals surface area contributed by atoms with Crippen molar-refractivity contribution in [1.82, 2.24) is 4.90 Å². The summed E-state index contributed by atoms with van der Waals surface area (Å²) >= 11 is 0. The Morgan fingerprint density at radius 3 is 2.64 bits per heavy atom. The Kier molecular flexibility index (Phi) is 1.92. The van der Waals surface area contributed by atoms with Crippen LogP contribution in [0, 0.1) is 11.8 Å². The van der Waals surface area contributed by atoms with Gasteiger partial charge in [0.2, 0.25) is 0 Å². The van der Waals surface area contributed by atoms with Gasteiger partial charge in [0.05, 0.1) is 0 Å². The number of likely N-dealkylation sites (tertiary alicyclic amines) is 1. The highest BCUT2D eigenvalue weighted by molar-refractivity contribution is 4.95. The van der Waals surface area contributed by atoms with Crippen LogP contribution in [0.4, 0.5) is 0 Å². The summed E-state index contributed by atoms with van der Waals surface area (Å²) in [7, 11) is 0. The van der Waals surface area contributed by atoms with Crippen LogP contribution >= 0.6 is 0 Å². The van der Waals surface area contributed by atoms with Crippen molar-refractivity contribution in [2.75, 3.05) is 13.1 Å². The van der Waals surface area contributed by atoms with Gasteiger partial charge in [0.15, 0.2) is 0 Å². The lowest BCUT2D eigenvalue weighted by Gasteiger charge is -2.29. The summed E-state index contributed by atoms with van der Waals surface area (Å²) in [6.45, 7) is 7.46. The first-order valence-corrected chi connectivity index (χ1v) is 5.05. The Morgan fingerprint density at radius 1 is 1.36 bits per heavy atom. The molecule has 2 rings (SSSR count). The van der Waals surface area contributed by atoms with Gasteiger partial charge in [0.25, 0.3) is 0 Å². The van der Waals surface area contributed by atoms with Crippen molar-refractivity contribution in [2.45, 2.75) is 39.2 Å². The van der Waals surface area contributed by atoms with Crippen LogP contribution in [0.1, 0.15) is 33.1 Å². The van der Waals surface area contributed by atoms with Crippen molar-refractivity contribution in [1.29, 1.82) is 0 Å². The highest BCUT2D eigenvalue weighted by Crippen LogP contribution is 2.41. The number of nitrogens with zero attached hydrogens (tertiary/aromatic N) is 1. The summed E-state index contributed by atoms with van der Waals surface area (Å²) in [5.41, 5.74) is 0. The molecule has 3 atom stereocenters. The molecule has 1 heteroatoms. The quantitative estimate of drug-likeness (QED) is 0.587. The van der Waals surface area contributed by atoms with Crippen molar-refractivity contribution >= 4 is 0 Å². The average Bonchev–Trinajstić information content (AvgIpc) is 2.47. The summed E-state index contributed by atoms with van der Waals surface area (Å²) in [6.07, 6.45) is 4.31. The molecule has 11 heavy (non-hydrogen) atoms. The van der Waals surface area contributed by atoms with Gasteiger partial charge in [-0.15, -0.1) is 0 Å². The maximum absolute atomic E-state index is 2.70. The van der Waals surface area contributed by atoms with E-state index in [0.717, 1.165) is 17.9 Å². The second-order valence-electron chi connectivity index (χ2n) is 4.36. The van der Waals surface area contributed by atoms with Gasteiger partial charge in [-0.05, 0) is 37.6 Å². The first-order valence-electron chi connectivity index (χ1n) is 5.05. The molecule has 2 aliphatic rings. The molecule has 2 fully saturated rings. The maximum Gasteiger partial charge on any atom is 0.0101 e. The van der Waals surface area contributed by atoms with Crippen LogP contribution < -0.4 is 0 Å². The van der Waals surface area contributed by atoms with Crippen molar-refractivity contribution in [3.8, 4) is 0 Å². The van der Waals surface area contributed by atoms with E-state index in [1.807, 2.05) is 0 Å². The van der Waals surface area contributed by atoms with E-state index in [2.05, 4.69) is 18.7 Å². The van der Waals surface area contributed by atoms with Gasteiger partial charge in [-0.2, -0.15) is 0 Å². The molecule has 2 bridgehead atoms. The van der Waals surface area contributed by atoms with Crippen molar-refractivity contribution in [2.24, 2.45) is 11.8 Å². The fourth-order valence-corrected chi connectivity index (χ4v) is 2.86. The molecule has 1 nitrogen and oxygen atoms in total. The zero-order valence-corrected chi connectivity index (χ0v) is 7.71. The largest absolute Gasteiger partial charge is 0.300 e. The van der Waals surface area contributed by atoms with E-state index < -0.39 is 0 Å². The standard InChI is InChI=1S/C10H19N/c1-3-4-11-7-9-6-10(11)5-8(9)2/h8-10H,3-7H2,1-2H3. The van der Waals surface area contributed by atoms with E-state index in [0.29, 0.717) is 0 Å². The predicted molar refractivity (Wildman–Crippen MR) is 47.5 cm³/mol. The molecule has 0 N–H and O–H groups in total. The van der Waals surface area contributed by atoms with Crippen molar-refractivity contribution < 1.29 is 0 Å². The van der Waals surface area contributed by atoms with Crippen LogP contribution in [-0.4, -0.2) is 24.0 Å². The number of hydrogen-bond donors (Lipinski definition) is 0. The summed E-state index contributed by atoms with van der Waals surface area (Å²) in [5, 5.41) is 0. The molecule has 3 unspecified atom stereocenters. The molecule has 1 aliphatic carbocycles. The molecule has 0 aromatic heterocycles. The van der Waals surface area contributed by atoms with Gasteiger partial charge in [-0.1, -0.05) is 13.8 Å². The summed E-state index contributed by atoms with van der Waals surface area (Å²) in [5.74, 6) is 2.07. The summed E-state index contributed by atoms with van der Waals surface area (Å²) < 4.78 is 0. The normalized spacial score (nSPS) is 43.6. The minimum Gasteiger partial charge on any atom is -0.300 e. The molecule has 64 valence electrons. The highest BCUT2D eigenvalue weighted by atomic mass is 15.2. The Balaban J connectivity index is 1.92. The molecule has 1 saturated carbocycles. The second kappa shape index (κ2) is 2.78. The molecule has 0 radical (unpaired) electrons. The molecule has 0 aromatic carbocycles. The van der Waals surface area contributed by atoms with Gasteiger partial charge in [0, 0.05) is 12.6 Å². The monoisotopic (exact) mass is 153 g/mol. The van der Waals surface area contributed by atoms with E-state index in [9.17, 15) is 0 Å². The third-order valence-corrected chi connectivity index (χ3v) is 3.52. The second-order valence-corrected chi connectivity index (χ2v) is 4.36. The smallest absolute Gasteiger partial charge is 0.0101 e. The minimum atomic E-state index is 0.968. The molecular formula is C10H19N. The topological polar surface area (TPSA) is 3.24 Å². The van der Waals surface area contributed by atoms with Gasteiger partial charge in [-0.25, -0.2) is 0 Å². The predicted octanol–water partition coefficient (Wildman–Crippen LogP) is 2.13. The van der Waals surface area contributed by atoms with Gasteiger partial charge < -0.3 is 4.90 Å². The lowest BCUT2D eigenvalue weighted by molar-refractivity contribution is 0.182. The first-order chi connectivity index (χ1) is 5.31. The van der Waals surface area contributed by atoms with Gasteiger partial charge in [0.1, 0.15) is 0 Å². The van der Waals surface area contributed by atoms with Crippen molar-refractivity contribution in [3.63, 3.8) is 0 Å².